The van der Waals surface area contributed by atoms with E-state index < -0.39 is 11.7 Å². The molecule has 0 saturated carbocycles. The van der Waals surface area contributed by atoms with E-state index >= 15 is 0 Å². The number of carbonyl (C=O) groups is 1. The second-order valence-corrected chi connectivity index (χ2v) is 6.25. The van der Waals surface area contributed by atoms with Crippen molar-refractivity contribution in [3.05, 3.63) is 71.1 Å². The topological polar surface area (TPSA) is 60.5 Å². The van der Waals surface area contributed by atoms with Gasteiger partial charge in [-0.05, 0) is 42.5 Å². The molecule has 0 saturated heterocycles. The molecule has 1 aromatic heterocycles. The molecule has 1 aliphatic rings. The molecule has 136 valence electrons. The highest BCUT2D eigenvalue weighted by Gasteiger charge is 2.16. The van der Waals surface area contributed by atoms with Crippen molar-refractivity contribution in [1.29, 1.82) is 0 Å². The lowest BCUT2D eigenvalue weighted by atomic mass is 10.1. The minimum absolute atomic E-state index is 0.179. The Kier molecular flexibility index (Phi) is 4.64. The zero-order chi connectivity index (χ0) is 18.8. The van der Waals surface area contributed by atoms with Crippen LogP contribution in [0.5, 0.6) is 11.5 Å². The molecule has 0 radical (unpaired) electrons. The van der Waals surface area contributed by atoms with Gasteiger partial charge in [0, 0.05) is 29.1 Å². The van der Waals surface area contributed by atoms with Crippen molar-refractivity contribution in [2.75, 3.05) is 18.5 Å². The molecule has 0 bridgehead atoms. The molecular formula is C20H14ClFN2O3. The van der Waals surface area contributed by atoms with Gasteiger partial charge in [0.05, 0.1) is 10.7 Å². The number of pyridine rings is 1. The molecular weight excluding hydrogens is 371 g/mol. The van der Waals surface area contributed by atoms with Gasteiger partial charge in [-0.15, -0.1) is 0 Å². The van der Waals surface area contributed by atoms with Crippen LogP contribution in [-0.4, -0.2) is 24.1 Å². The molecule has 5 nitrogen and oxygen atoms in total. The Morgan fingerprint density at radius 2 is 1.89 bits per heavy atom. The van der Waals surface area contributed by atoms with E-state index in [-0.39, 0.29) is 11.1 Å². The number of nitrogens with zero attached hydrogens (tertiary/aromatic N) is 1. The molecule has 1 aliphatic heterocycles. The van der Waals surface area contributed by atoms with Gasteiger partial charge in [0.2, 0.25) is 0 Å². The van der Waals surface area contributed by atoms with Crippen LogP contribution < -0.4 is 14.8 Å². The van der Waals surface area contributed by atoms with Crippen LogP contribution in [0.4, 0.5) is 10.1 Å². The Bertz CT molecular complexity index is 1030. The fraction of sp³-hybridized carbons (Fsp3) is 0.100. The minimum Gasteiger partial charge on any atom is -0.486 e. The molecule has 0 aliphatic carbocycles. The standard InChI is InChI=1S/C20H14ClFN2O3/c21-15-2-1-7-23-19(15)14-5-3-12(10-16(14)22)20(25)24-13-4-6-17-18(11-13)27-9-8-26-17/h1-7,10-11H,8-9H2,(H,24,25). The molecule has 1 N–H and O–H groups in total. The molecule has 0 fully saturated rings. The minimum atomic E-state index is -0.578. The van der Waals surface area contributed by atoms with Gasteiger partial charge in [0.25, 0.3) is 5.91 Å². The SMILES string of the molecule is O=C(Nc1ccc2c(c1)OCCO2)c1ccc(-c2ncccc2Cl)c(F)c1. The van der Waals surface area contributed by atoms with E-state index in [4.69, 9.17) is 21.1 Å². The molecule has 7 heteroatoms. The Balaban J connectivity index is 1.56. The summed E-state index contributed by atoms with van der Waals surface area (Å²) >= 11 is 6.07. The van der Waals surface area contributed by atoms with E-state index in [9.17, 15) is 9.18 Å². The number of fused-ring (bicyclic) bond motifs is 1. The van der Waals surface area contributed by atoms with Crippen molar-refractivity contribution in [3.63, 3.8) is 0 Å². The summed E-state index contributed by atoms with van der Waals surface area (Å²) in [4.78, 5) is 16.6. The Labute approximate surface area is 159 Å². The number of hydrogen-bond acceptors (Lipinski definition) is 4. The zero-order valence-corrected chi connectivity index (χ0v) is 14.8. The van der Waals surface area contributed by atoms with Crippen LogP contribution in [-0.2, 0) is 0 Å². The quantitative estimate of drug-likeness (QED) is 0.718. The zero-order valence-electron chi connectivity index (χ0n) is 14.0. The molecule has 27 heavy (non-hydrogen) atoms. The maximum Gasteiger partial charge on any atom is 0.255 e. The first-order valence-electron chi connectivity index (χ1n) is 8.23. The van der Waals surface area contributed by atoms with Crippen molar-refractivity contribution in [2.24, 2.45) is 0 Å². The number of halogens is 2. The van der Waals surface area contributed by atoms with Crippen molar-refractivity contribution in [2.45, 2.75) is 0 Å². The van der Waals surface area contributed by atoms with Crippen LogP contribution in [0.15, 0.2) is 54.7 Å². The first-order chi connectivity index (χ1) is 13.1. The first-order valence-corrected chi connectivity index (χ1v) is 8.61. The summed E-state index contributed by atoms with van der Waals surface area (Å²) in [6.45, 7) is 0.942. The number of hydrogen-bond donors (Lipinski definition) is 1. The lowest BCUT2D eigenvalue weighted by Crippen LogP contribution is -2.16. The van der Waals surface area contributed by atoms with Crippen molar-refractivity contribution < 1.29 is 18.7 Å². The number of ether oxygens (including phenoxy) is 2. The average molecular weight is 385 g/mol. The summed E-state index contributed by atoms with van der Waals surface area (Å²) in [5, 5.41) is 3.06. The average Bonchev–Trinajstić information content (AvgIpc) is 2.68. The summed E-state index contributed by atoms with van der Waals surface area (Å²) in [5.41, 5.74) is 1.27. The maximum atomic E-state index is 14.5. The van der Waals surface area contributed by atoms with Crippen LogP contribution in [0.1, 0.15) is 10.4 Å². The lowest BCUT2D eigenvalue weighted by molar-refractivity contribution is 0.102. The van der Waals surface area contributed by atoms with Crippen LogP contribution >= 0.6 is 11.6 Å². The smallest absolute Gasteiger partial charge is 0.255 e. The van der Waals surface area contributed by atoms with Gasteiger partial charge in [-0.25, -0.2) is 4.39 Å². The number of anilines is 1. The highest BCUT2D eigenvalue weighted by atomic mass is 35.5. The molecule has 2 aromatic carbocycles. The summed E-state index contributed by atoms with van der Waals surface area (Å²) in [7, 11) is 0. The number of rotatable bonds is 3. The molecule has 4 rings (SSSR count). The molecule has 1 amide bonds. The van der Waals surface area contributed by atoms with Crippen LogP contribution in [0.2, 0.25) is 5.02 Å². The molecule has 0 spiro atoms. The highest BCUT2D eigenvalue weighted by Crippen LogP contribution is 2.33. The molecule has 3 aromatic rings. The van der Waals surface area contributed by atoms with E-state index in [1.165, 1.54) is 18.3 Å². The van der Waals surface area contributed by atoms with Gasteiger partial charge >= 0.3 is 0 Å². The monoisotopic (exact) mass is 384 g/mol. The van der Waals surface area contributed by atoms with Crippen LogP contribution in [0, 0.1) is 5.82 Å². The lowest BCUT2D eigenvalue weighted by Gasteiger charge is -2.19. The number of aromatic nitrogens is 1. The largest absolute Gasteiger partial charge is 0.486 e. The van der Waals surface area contributed by atoms with E-state index in [0.717, 1.165) is 6.07 Å². The number of amides is 1. The van der Waals surface area contributed by atoms with Gasteiger partial charge in [-0.3, -0.25) is 9.78 Å². The number of benzene rings is 2. The maximum absolute atomic E-state index is 14.5. The molecule has 0 atom stereocenters. The third kappa shape index (κ3) is 3.57. The summed E-state index contributed by atoms with van der Waals surface area (Å²) in [6, 6.07) is 12.6. The second-order valence-electron chi connectivity index (χ2n) is 5.84. The first kappa shape index (κ1) is 17.3. The van der Waals surface area contributed by atoms with Crippen molar-refractivity contribution >= 4 is 23.2 Å². The second kappa shape index (κ2) is 7.25. The third-order valence-electron chi connectivity index (χ3n) is 4.04. The molecule has 2 heterocycles. The van der Waals surface area contributed by atoms with E-state index in [0.29, 0.717) is 41.1 Å². The van der Waals surface area contributed by atoms with Crippen LogP contribution in [0.3, 0.4) is 0 Å². The van der Waals surface area contributed by atoms with Gasteiger partial charge in [0.15, 0.2) is 11.5 Å². The van der Waals surface area contributed by atoms with E-state index in [2.05, 4.69) is 10.3 Å². The van der Waals surface area contributed by atoms with Crippen LogP contribution in [0.25, 0.3) is 11.3 Å². The summed E-state index contributed by atoms with van der Waals surface area (Å²) < 4.78 is 25.5. The predicted octanol–water partition coefficient (Wildman–Crippen LogP) is 4.56. The fourth-order valence-electron chi connectivity index (χ4n) is 2.76. The summed E-state index contributed by atoms with van der Waals surface area (Å²) in [6.07, 6.45) is 1.53. The van der Waals surface area contributed by atoms with E-state index in [1.807, 2.05) is 0 Å². The number of carbonyl (C=O) groups excluding carboxylic acids is 1. The van der Waals surface area contributed by atoms with Crippen molar-refractivity contribution in [3.8, 4) is 22.8 Å². The van der Waals surface area contributed by atoms with Gasteiger partial charge < -0.3 is 14.8 Å². The van der Waals surface area contributed by atoms with Gasteiger partial charge in [0.1, 0.15) is 19.0 Å². The van der Waals surface area contributed by atoms with Crippen molar-refractivity contribution in [1.82, 2.24) is 4.98 Å². The summed E-state index contributed by atoms with van der Waals surface area (Å²) in [5.74, 6) is 0.168. The normalized spacial score (nSPS) is 12.5. The Morgan fingerprint density at radius 3 is 2.67 bits per heavy atom. The van der Waals surface area contributed by atoms with Gasteiger partial charge in [-0.1, -0.05) is 11.6 Å². The number of nitrogens with one attached hydrogen (secondary N) is 1. The Morgan fingerprint density at radius 1 is 1.07 bits per heavy atom. The third-order valence-corrected chi connectivity index (χ3v) is 4.35. The van der Waals surface area contributed by atoms with Gasteiger partial charge in [-0.2, -0.15) is 0 Å². The molecule has 0 unspecified atom stereocenters. The van der Waals surface area contributed by atoms with E-state index in [1.54, 1.807) is 30.3 Å². The predicted molar refractivity (Wildman–Crippen MR) is 100 cm³/mol. The fourth-order valence-corrected chi connectivity index (χ4v) is 2.98. The highest BCUT2D eigenvalue weighted by molar-refractivity contribution is 6.33. The Hall–Kier alpha value is -3.12.